The summed E-state index contributed by atoms with van der Waals surface area (Å²) in [5.74, 6) is -0.381. The summed E-state index contributed by atoms with van der Waals surface area (Å²) in [5, 5.41) is 8.91. The number of carboxylic acids is 1. The second kappa shape index (κ2) is 3.29. The smallest absolute Gasteiger partial charge is 0.307 e. The lowest BCUT2D eigenvalue weighted by Crippen LogP contribution is -2.14. The molecule has 1 N–H and O–H groups in total. The molecule has 76 valence electrons. The van der Waals surface area contributed by atoms with E-state index in [4.69, 9.17) is 5.11 Å². The topological polar surface area (TPSA) is 40.5 Å². The van der Waals surface area contributed by atoms with Gasteiger partial charge in [0.15, 0.2) is 0 Å². The van der Waals surface area contributed by atoms with Gasteiger partial charge in [-0.05, 0) is 38.4 Å². The molecule has 13 heavy (non-hydrogen) atoms. The molecule has 1 aliphatic carbocycles. The number of carbonyl (C=O) groups is 1. The molecule has 0 aromatic carbocycles. The van der Waals surface area contributed by atoms with Crippen molar-refractivity contribution >= 4 is 5.97 Å². The van der Waals surface area contributed by atoms with Gasteiger partial charge in [0.2, 0.25) is 0 Å². The zero-order valence-electron chi connectivity index (χ0n) is 8.87. The molecule has 0 aromatic heterocycles. The van der Waals surface area contributed by atoms with Gasteiger partial charge >= 0.3 is 5.97 Å². The van der Waals surface area contributed by atoms with Crippen molar-refractivity contribution in [2.75, 3.05) is 20.6 Å². The maximum Gasteiger partial charge on any atom is 0.307 e. The molecule has 0 aromatic rings. The van der Waals surface area contributed by atoms with Crippen LogP contribution in [0.25, 0.3) is 0 Å². The molecule has 0 saturated heterocycles. The van der Waals surface area contributed by atoms with Crippen LogP contribution in [-0.2, 0) is 4.79 Å². The average molecular weight is 185 g/mol. The van der Waals surface area contributed by atoms with Crippen molar-refractivity contribution in [3.63, 3.8) is 0 Å². The Balaban J connectivity index is 2.42. The Bertz CT molecular complexity index is 211. The third kappa shape index (κ3) is 2.02. The largest absolute Gasteiger partial charge is 0.481 e. The molecule has 1 saturated carbocycles. The minimum atomic E-state index is -0.631. The van der Waals surface area contributed by atoms with E-state index in [9.17, 15) is 4.79 Å². The molecule has 1 aliphatic rings. The Morgan fingerprint density at radius 2 is 2.00 bits per heavy atom. The van der Waals surface area contributed by atoms with Crippen molar-refractivity contribution in [1.82, 2.24) is 4.90 Å². The van der Waals surface area contributed by atoms with E-state index in [2.05, 4.69) is 4.90 Å². The molecule has 3 heteroatoms. The van der Waals surface area contributed by atoms with Gasteiger partial charge in [0.1, 0.15) is 0 Å². The first kappa shape index (κ1) is 10.5. The van der Waals surface area contributed by atoms with Crippen LogP contribution in [0.4, 0.5) is 0 Å². The summed E-state index contributed by atoms with van der Waals surface area (Å²) in [6.07, 6.45) is 0.997. The third-order valence-electron chi connectivity index (χ3n) is 3.20. The van der Waals surface area contributed by atoms with Crippen LogP contribution in [0.1, 0.15) is 20.3 Å². The first-order valence-electron chi connectivity index (χ1n) is 4.75. The number of aliphatic carboxylic acids is 1. The van der Waals surface area contributed by atoms with E-state index in [0.29, 0.717) is 5.92 Å². The fourth-order valence-electron chi connectivity index (χ4n) is 2.17. The van der Waals surface area contributed by atoms with Crippen molar-refractivity contribution in [2.24, 2.45) is 17.3 Å². The monoisotopic (exact) mass is 185 g/mol. The minimum Gasteiger partial charge on any atom is -0.481 e. The highest BCUT2D eigenvalue weighted by atomic mass is 16.4. The lowest BCUT2D eigenvalue weighted by atomic mass is 10.1. The SMILES string of the molecule is CN(C)CCC1C(C(=O)O)C1(C)C. The maximum absolute atomic E-state index is 10.8. The van der Waals surface area contributed by atoms with Crippen LogP contribution in [0, 0.1) is 17.3 Å². The average Bonchev–Trinajstić information content (AvgIpc) is 2.48. The molecule has 0 amide bonds. The number of hydrogen-bond donors (Lipinski definition) is 1. The highest BCUT2D eigenvalue weighted by Gasteiger charge is 2.61. The van der Waals surface area contributed by atoms with Crippen LogP contribution in [-0.4, -0.2) is 36.6 Å². The van der Waals surface area contributed by atoms with Gasteiger partial charge in [-0.1, -0.05) is 13.8 Å². The second-order valence-corrected chi connectivity index (χ2v) is 4.84. The molecule has 2 atom stereocenters. The van der Waals surface area contributed by atoms with Gasteiger partial charge in [0.25, 0.3) is 0 Å². The van der Waals surface area contributed by atoms with E-state index in [-0.39, 0.29) is 11.3 Å². The fraction of sp³-hybridized carbons (Fsp3) is 0.900. The fourth-order valence-corrected chi connectivity index (χ4v) is 2.17. The number of hydrogen-bond acceptors (Lipinski definition) is 2. The van der Waals surface area contributed by atoms with E-state index < -0.39 is 5.97 Å². The summed E-state index contributed by atoms with van der Waals surface area (Å²) < 4.78 is 0. The summed E-state index contributed by atoms with van der Waals surface area (Å²) in [4.78, 5) is 12.9. The zero-order valence-corrected chi connectivity index (χ0v) is 8.87. The van der Waals surface area contributed by atoms with Gasteiger partial charge in [-0.25, -0.2) is 0 Å². The Labute approximate surface area is 79.7 Å². The molecule has 2 unspecified atom stereocenters. The maximum atomic E-state index is 10.8. The van der Waals surface area contributed by atoms with Crippen molar-refractivity contribution in [3.05, 3.63) is 0 Å². The quantitative estimate of drug-likeness (QED) is 0.717. The van der Waals surface area contributed by atoms with E-state index in [0.717, 1.165) is 13.0 Å². The molecular weight excluding hydrogens is 166 g/mol. The summed E-state index contributed by atoms with van der Waals surface area (Å²) in [5.41, 5.74) is 0.0157. The molecule has 1 rings (SSSR count). The Morgan fingerprint density at radius 3 is 2.31 bits per heavy atom. The number of nitrogens with zero attached hydrogens (tertiary/aromatic N) is 1. The summed E-state index contributed by atoms with van der Waals surface area (Å²) >= 11 is 0. The molecule has 1 fully saturated rings. The first-order valence-corrected chi connectivity index (χ1v) is 4.75. The van der Waals surface area contributed by atoms with Gasteiger partial charge < -0.3 is 10.0 Å². The summed E-state index contributed by atoms with van der Waals surface area (Å²) in [6.45, 7) is 5.08. The molecule has 0 bridgehead atoms. The highest BCUT2D eigenvalue weighted by Crippen LogP contribution is 2.59. The molecule has 3 nitrogen and oxygen atoms in total. The van der Waals surface area contributed by atoms with E-state index >= 15 is 0 Å². The molecule has 0 heterocycles. The molecule has 0 radical (unpaired) electrons. The van der Waals surface area contributed by atoms with Gasteiger partial charge in [-0.3, -0.25) is 4.79 Å². The standard InChI is InChI=1S/C10H19NO2/c1-10(2)7(5-6-11(3)4)8(10)9(12)13/h7-8H,5-6H2,1-4H3,(H,12,13). The van der Waals surface area contributed by atoms with Crippen LogP contribution < -0.4 is 0 Å². The second-order valence-electron chi connectivity index (χ2n) is 4.84. The van der Waals surface area contributed by atoms with Crippen molar-refractivity contribution in [2.45, 2.75) is 20.3 Å². The molecule has 0 aliphatic heterocycles. The van der Waals surface area contributed by atoms with E-state index in [1.54, 1.807) is 0 Å². The van der Waals surface area contributed by atoms with Gasteiger partial charge in [0.05, 0.1) is 5.92 Å². The van der Waals surface area contributed by atoms with Crippen LogP contribution in [0.15, 0.2) is 0 Å². The Kier molecular flexibility index (Phi) is 2.66. The summed E-state index contributed by atoms with van der Waals surface area (Å²) in [6, 6.07) is 0. The van der Waals surface area contributed by atoms with Crippen molar-refractivity contribution in [1.29, 1.82) is 0 Å². The predicted molar refractivity (Wildman–Crippen MR) is 51.6 cm³/mol. The van der Waals surface area contributed by atoms with E-state index in [1.807, 2.05) is 27.9 Å². The highest BCUT2D eigenvalue weighted by molar-refractivity contribution is 5.75. The predicted octanol–water partition coefficient (Wildman–Crippen LogP) is 1.29. The number of carboxylic acid groups (broad SMARTS) is 1. The molecule has 0 spiro atoms. The van der Waals surface area contributed by atoms with E-state index in [1.165, 1.54) is 0 Å². The lowest BCUT2D eigenvalue weighted by molar-refractivity contribution is -0.139. The van der Waals surface area contributed by atoms with Gasteiger partial charge in [-0.2, -0.15) is 0 Å². The van der Waals surface area contributed by atoms with Crippen molar-refractivity contribution in [3.8, 4) is 0 Å². The third-order valence-corrected chi connectivity index (χ3v) is 3.20. The first-order chi connectivity index (χ1) is 5.87. The molecular formula is C10H19NO2. The Hall–Kier alpha value is -0.570. The van der Waals surface area contributed by atoms with Gasteiger partial charge in [-0.15, -0.1) is 0 Å². The van der Waals surface area contributed by atoms with Crippen LogP contribution in [0.2, 0.25) is 0 Å². The van der Waals surface area contributed by atoms with Gasteiger partial charge in [0, 0.05) is 0 Å². The normalized spacial score (nSPS) is 30.5. The zero-order chi connectivity index (χ0) is 10.2. The van der Waals surface area contributed by atoms with Crippen LogP contribution >= 0.6 is 0 Å². The number of rotatable bonds is 4. The lowest BCUT2D eigenvalue weighted by Gasteiger charge is -2.09. The Morgan fingerprint density at radius 1 is 1.46 bits per heavy atom. The van der Waals surface area contributed by atoms with Crippen LogP contribution in [0.3, 0.4) is 0 Å². The summed E-state index contributed by atoms with van der Waals surface area (Å²) in [7, 11) is 4.04. The van der Waals surface area contributed by atoms with Crippen molar-refractivity contribution < 1.29 is 9.90 Å². The minimum absolute atomic E-state index is 0.0157. The van der Waals surface area contributed by atoms with Crippen LogP contribution in [0.5, 0.6) is 0 Å².